The van der Waals surface area contributed by atoms with Gasteiger partial charge < -0.3 is 14.4 Å². The number of aromatic nitrogens is 1. The molecule has 0 aliphatic carbocycles. The van der Waals surface area contributed by atoms with Crippen molar-refractivity contribution in [1.29, 1.82) is 0 Å². The van der Waals surface area contributed by atoms with E-state index in [1.54, 1.807) is 13.8 Å². The molecule has 1 aromatic rings. The van der Waals surface area contributed by atoms with E-state index in [1.807, 2.05) is 0 Å². The van der Waals surface area contributed by atoms with Crippen LogP contribution in [0.25, 0.3) is 0 Å². The SMILES string of the molecule is Cc1nc(C)c(C(=O)N2CCC[C@@H](C(=O)O)C2)o1. The number of piperidine rings is 1. The average Bonchev–Trinajstić information content (AvgIpc) is 2.67. The normalized spacial score (nSPS) is 19.9. The number of aryl methyl sites for hydroxylation is 2. The second kappa shape index (κ2) is 4.80. The summed E-state index contributed by atoms with van der Waals surface area (Å²) < 4.78 is 5.28. The van der Waals surface area contributed by atoms with Gasteiger partial charge in [0.15, 0.2) is 5.89 Å². The molecule has 1 N–H and O–H groups in total. The summed E-state index contributed by atoms with van der Waals surface area (Å²) in [5, 5.41) is 8.99. The fourth-order valence-corrected chi connectivity index (χ4v) is 2.24. The predicted octanol–water partition coefficient (Wildman–Crippen LogP) is 1.23. The third kappa shape index (κ3) is 2.37. The lowest BCUT2D eigenvalue weighted by atomic mass is 9.98. The number of hydrogen-bond donors (Lipinski definition) is 1. The number of oxazole rings is 1. The molecular formula is C12H16N2O4. The molecule has 6 heteroatoms. The maximum Gasteiger partial charge on any atom is 0.308 e. The minimum atomic E-state index is -0.849. The van der Waals surface area contributed by atoms with Gasteiger partial charge in [0.05, 0.1) is 11.6 Å². The van der Waals surface area contributed by atoms with Gasteiger partial charge in [-0.15, -0.1) is 0 Å². The fraction of sp³-hybridized carbons (Fsp3) is 0.583. The Morgan fingerprint density at radius 2 is 2.17 bits per heavy atom. The average molecular weight is 252 g/mol. The summed E-state index contributed by atoms with van der Waals surface area (Å²) in [5.74, 6) is -0.926. The van der Waals surface area contributed by atoms with Crippen molar-refractivity contribution >= 4 is 11.9 Å². The predicted molar refractivity (Wildman–Crippen MR) is 62.2 cm³/mol. The highest BCUT2D eigenvalue weighted by Crippen LogP contribution is 2.20. The first kappa shape index (κ1) is 12.6. The molecule has 1 aliphatic rings. The molecule has 0 radical (unpaired) electrons. The second-order valence-electron chi connectivity index (χ2n) is 4.58. The Kier molecular flexibility index (Phi) is 3.36. The van der Waals surface area contributed by atoms with Crippen LogP contribution < -0.4 is 0 Å². The van der Waals surface area contributed by atoms with Crippen molar-refractivity contribution in [2.75, 3.05) is 13.1 Å². The number of nitrogens with zero attached hydrogens (tertiary/aromatic N) is 2. The molecule has 1 saturated heterocycles. The first-order valence-corrected chi connectivity index (χ1v) is 5.95. The van der Waals surface area contributed by atoms with E-state index in [2.05, 4.69) is 4.98 Å². The van der Waals surface area contributed by atoms with Crippen LogP contribution >= 0.6 is 0 Å². The van der Waals surface area contributed by atoms with E-state index in [0.717, 1.165) is 0 Å². The molecule has 2 rings (SSSR count). The van der Waals surface area contributed by atoms with Gasteiger partial charge in [-0.05, 0) is 19.8 Å². The van der Waals surface area contributed by atoms with Crippen LogP contribution in [-0.4, -0.2) is 40.0 Å². The highest BCUT2D eigenvalue weighted by Gasteiger charge is 2.30. The molecule has 1 fully saturated rings. The molecular weight excluding hydrogens is 236 g/mol. The molecule has 1 aromatic heterocycles. The maximum absolute atomic E-state index is 12.2. The maximum atomic E-state index is 12.2. The molecule has 0 saturated carbocycles. The molecule has 0 aromatic carbocycles. The van der Waals surface area contributed by atoms with Crippen molar-refractivity contribution in [3.63, 3.8) is 0 Å². The molecule has 18 heavy (non-hydrogen) atoms. The van der Waals surface area contributed by atoms with Gasteiger partial charge in [0.1, 0.15) is 0 Å². The molecule has 0 unspecified atom stereocenters. The number of aliphatic carboxylic acids is 1. The Bertz CT molecular complexity index is 480. The van der Waals surface area contributed by atoms with Gasteiger partial charge in [0.25, 0.3) is 5.91 Å². The van der Waals surface area contributed by atoms with E-state index in [1.165, 1.54) is 4.90 Å². The van der Waals surface area contributed by atoms with Crippen molar-refractivity contribution in [2.24, 2.45) is 5.92 Å². The highest BCUT2D eigenvalue weighted by atomic mass is 16.4. The van der Waals surface area contributed by atoms with Crippen molar-refractivity contribution in [3.05, 3.63) is 17.3 Å². The minimum Gasteiger partial charge on any atom is -0.481 e. The molecule has 0 bridgehead atoms. The van der Waals surface area contributed by atoms with Crippen molar-refractivity contribution in [3.8, 4) is 0 Å². The lowest BCUT2D eigenvalue weighted by molar-refractivity contribution is -0.143. The van der Waals surface area contributed by atoms with E-state index in [9.17, 15) is 9.59 Å². The largest absolute Gasteiger partial charge is 0.481 e. The zero-order valence-corrected chi connectivity index (χ0v) is 10.5. The van der Waals surface area contributed by atoms with Gasteiger partial charge in [-0.3, -0.25) is 9.59 Å². The standard InChI is InChI=1S/C12H16N2O4/c1-7-10(18-8(2)13-7)11(15)14-5-3-4-9(6-14)12(16)17/h9H,3-6H2,1-2H3,(H,16,17)/t9-/m1/s1. The summed E-state index contributed by atoms with van der Waals surface area (Å²) >= 11 is 0. The first-order chi connectivity index (χ1) is 8.49. The van der Waals surface area contributed by atoms with Crippen LogP contribution in [0.4, 0.5) is 0 Å². The van der Waals surface area contributed by atoms with Crippen molar-refractivity contribution < 1.29 is 19.1 Å². The van der Waals surface area contributed by atoms with Gasteiger partial charge in [0.2, 0.25) is 5.76 Å². The minimum absolute atomic E-state index is 0.221. The first-order valence-electron chi connectivity index (χ1n) is 5.95. The monoisotopic (exact) mass is 252 g/mol. The van der Waals surface area contributed by atoms with Crippen LogP contribution in [0.15, 0.2) is 4.42 Å². The number of carboxylic acid groups (broad SMARTS) is 1. The summed E-state index contributed by atoms with van der Waals surface area (Å²) in [4.78, 5) is 28.7. The lowest BCUT2D eigenvalue weighted by Crippen LogP contribution is -2.42. The number of carboxylic acids is 1. The van der Waals surface area contributed by atoms with E-state index < -0.39 is 11.9 Å². The van der Waals surface area contributed by atoms with E-state index in [0.29, 0.717) is 31.0 Å². The summed E-state index contributed by atoms with van der Waals surface area (Å²) in [7, 11) is 0. The lowest BCUT2D eigenvalue weighted by Gasteiger charge is -2.30. The van der Waals surface area contributed by atoms with E-state index >= 15 is 0 Å². The molecule has 98 valence electrons. The van der Waals surface area contributed by atoms with Crippen LogP contribution in [0.5, 0.6) is 0 Å². The Balaban J connectivity index is 2.14. The highest BCUT2D eigenvalue weighted by molar-refractivity contribution is 5.92. The van der Waals surface area contributed by atoms with Gasteiger partial charge in [0, 0.05) is 20.0 Å². The van der Waals surface area contributed by atoms with E-state index in [-0.39, 0.29) is 18.2 Å². The van der Waals surface area contributed by atoms with Gasteiger partial charge >= 0.3 is 5.97 Å². The second-order valence-corrected chi connectivity index (χ2v) is 4.58. The summed E-state index contributed by atoms with van der Waals surface area (Å²) in [5.41, 5.74) is 0.551. The molecule has 0 spiro atoms. The van der Waals surface area contributed by atoms with Crippen molar-refractivity contribution in [1.82, 2.24) is 9.88 Å². The number of carbonyl (C=O) groups excluding carboxylic acids is 1. The van der Waals surface area contributed by atoms with Gasteiger partial charge in [-0.25, -0.2) is 4.98 Å². The summed E-state index contributed by atoms with van der Waals surface area (Å²) in [6.45, 7) is 4.21. The molecule has 6 nitrogen and oxygen atoms in total. The van der Waals surface area contributed by atoms with Crippen LogP contribution in [0.3, 0.4) is 0 Å². The quantitative estimate of drug-likeness (QED) is 0.855. The third-order valence-corrected chi connectivity index (χ3v) is 3.16. The van der Waals surface area contributed by atoms with Crippen LogP contribution in [0.2, 0.25) is 0 Å². The molecule has 1 atom stereocenters. The number of likely N-dealkylation sites (tertiary alicyclic amines) is 1. The van der Waals surface area contributed by atoms with E-state index in [4.69, 9.17) is 9.52 Å². The number of carbonyl (C=O) groups is 2. The zero-order chi connectivity index (χ0) is 13.3. The van der Waals surface area contributed by atoms with Crippen LogP contribution in [0, 0.1) is 19.8 Å². The van der Waals surface area contributed by atoms with Crippen LogP contribution in [0.1, 0.15) is 35.0 Å². The number of rotatable bonds is 2. The Hall–Kier alpha value is -1.85. The molecule has 1 aliphatic heterocycles. The van der Waals surface area contributed by atoms with Gasteiger partial charge in [-0.1, -0.05) is 0 Å². The van der Waals surface area contributed by atoms with Crippen LogP contribution in [-0.2, 0) is 4.79 Å². The topological polar surface area (TPSA) is 83.6 Å². The zero-order valence-electron chi connectivity index (χ0n) is 10.5. The molecule has 1 amide bonds. The van der Waals surface area contributed by atoms with Gasteiger partial charge in [-0.2, -0.15) is 0 Å². The smallest absolute Gasteiger partial charge is 0.308 e. The third-order valence-electron chi connectivity index (χ3n) is 3.16. The summed E-state index contributed by atoms with van der Waals surface area (Å²) in [6, 6.07) is 0. The Labute approximate surface area is 105 Å². The molecule has 2 heterocycles. The fourth-order valence-electron chi connectivity index (χ4n) is 2.24. The van der Waals surface area contributed by atoms with Crippen molar-refractivity contribution in [2.45, 2.75) is 26.7 Å². The number of hydrogen-bond acceptors (Lipinski definition) is 4. The Morgan fingerprint density at radius 3 is 2.72 bits per heavy atom. The number of amides is 1. The Morgan fingerprint density at radius 1 is 1.44 bits per heavy atom. The summed E-state index contributed by atoms with van der Waals surface area (Å²) in [6.07, 6.45) is 1.32.